The van der Waals surface area contributed by atoms with E-state index in [0.717, 1.165) is 62.9 Å². The van der Waals surface area contributed by atoms with E-state index in [4.69, 9.17) is 0 Å². The molecule has 2 unspecified atom stereocenters. The van der Waals surface area contributed by atoms with Crippen LogP contribution in [0.1, 0.15) is 95.1 Å². The summed E-state index contributed by atoms with van der Waals surface area (Å²) in [6, 6.07) is 9.19. The second kappa shape index (κ2) is 19.3. The van der Waals surface area contributed by atoms with Gasteiger partial charge >= 0.3 is 0 Å². The molecule has 7 rings (SSSR count). The Morgan fingerprint density at radius 3 is 2.29 bits per heavy atom. The Bertz CT molecular complexity index is 1720. The predicted octanol–water partition coefficient (Wildman–Crippen LogP) is 5.11. The van der Waals surface area contributed by atoms with Gasteiger partial charge in [-0.15, -0.1) is 0 Å². The number of anilines is 2. The summed E-state index contributed by atoms with van der Waals surface area (Å²) in [5.74, 6) is 0.128. The maximum absolute atomic E-state index is 13.1. The van der Waals surface area contributed by atoms with Crippen molar-refractivity contribution in [3.63, 3.8) is 0 Å². The molecule has 4 fully saturated rings. The van der Waals surface area contributed by atoms with Gasteiger partial charge in [-0.3, -0.25) is 24.6 Å². The van der Waals surface area contributed by atoms with Gasteiger partial charge in [0.25, 0.3) is 12.0 Å². The molecule has 0 bridgehead atoms. The SMILES string of the molecule is C1CCCC1.CC.O=C1CCC(c2cccc(N3CCN(CCS(=O)N4CCC(Nc5ncc6cc(C(F)F)c(=O)[nH]c6n5)CC4)CC3)c2)C(=O)N1. The normalized spacial score (nSPS) is 20.9. The largest absolute Gasteiger partial charge is 0.369 e. The molecular formula is C37H52F2N8O4S. The Morgan fingerprint density at radius 2 is 1.63 bits per heavy atom. The topological polar surface area (TPSA) is 144 Å². The molecular weight excluding hydrogens is 691 g/mol. The molecule has 15 heteroatoms. The molecule has 12 nitrogen and oxygen atoms in total. The molecule has 2 atom stereocenters. The molecule has 52 heavy (non-hydrogen) atoms. The van der Waals surface area contributed by atoms with Crippen LogP contribution in [0.3, 0.4) is 0 Å². The molecule has 3 saturated heterocycles. The summed E-state index contributed by atoms with van der Waals surface area (Å²) in [4.78, 5) is 51.3. The van der Waals surface area contributed by atoms with E-state index >= 15 is 0 Å². The number of benzene rings is 1. The number of amides is 2. The number of piperidine rings is 2. The number of aromatic amines is 1. The third kappa shape index (κ3) is 10.6. The summed E-state index contributed by atoms with van der Waals surface area (Å²) >= 11 is 0. The molecule has 3 aromatic rings. The van der Waals surface area contributed by atoms with Gasteiger partial charge in [-0.05, 0) is 43.0 Å². The molecule has 284 valence electrons. The number of rotatable bonds is 9. The van der Waals surface area contributed by atoms with Gasteiger partial charge in [0.15, 0.2) is 0 Å². The first-order valence-electron chi connectivity index (χ1n) is 18.7. The first-order chi connectivity index (χ1) is 25.2. The fourth-order valence-electron chi connectivity index (χ4n) is 7.03. The number of carbonyl (C=O) groups excluding carboxylic acids is 2. The number of nitrogens with zero attached hydrogens (tertiary/aromatic N) is 5. The molecule has 4 aliphatic rings. The molecule has 1 aromatic carbocycles. The quantitative estimate of drug-likeness (QED) is 0.255. The summed E-state index contributed by atoms with van der Waals surface area (Å²) < 4.78 is 41.1. The van der Waals surface area contributed by atoms with Gasteiger partial charge in [-0.1, -0.05) is 58.1 Å². The van der Waals surface area contributed by atoms with E-state index in [0.29, 0.717) is 43.0 Å². The molecule has 5 heterocycles. The molecule has 1 aliphatic carbocycles. The van der Waals surface area contributed by atoms with Gasteiger partial charge in [0.2, 0.25) is 17.8 Å². The van der Waals surface area contributed by atoms with Crippen molar-refractivity contribution in [1.82, 2.24) is 29.5 Å². The van der Waals surface area contributed by atoms with Gasteiger partial charge in [0, 0.05) is 75.5 Å². The number of aromatic nitrogens is 3. The van der Waals surface area contributed by atoms with Crippen molar-refractivity contribution in [2.24, 2.45) is 0 Å². The highest BCUT2D eigenvalue weighted by Gasteiger charge is 2.29. The lowest BCUT2D eigenvalue weighted by Crippen LogP contribution is -2.48. The minimum Gasteiger partial charge on any atom is -0.369 e. The second-order valence-corrected chi connectivity index (χ2v) is 15.0. The van der Waals surface area contributed by atoms with Crippen LogP contribution in [0.2, 0.25) is 0 Å². The number of piperazine rings is 1. The molecule has 0 radical (unpaired) electrons. The standard InChI is InChI=1S/C30H36F2N8O4S.C5H10.C2H6/c31-26(32)24-17-20-18-33-30(37-27(20)36-29(24)43)34-21-6-8-40(9-7-21)45(44)15-14-38-10-12-39(13-11-38)22-3-1-2-19(16-22)23-4-5-25(41)35-28(23)42;1-2-4-5-3-1;1-2/h1-3,16-18,21,23,26H,4-15H2,(H,35,41,42)(H2,33,34,36,37,43);1-5H2;1-2H3. The predicted molar refractivity (Wildman–Crippen MR) is 201 cm³/mol. The van der Waals surface area contributed by atoms with Crippen LogP contribution in [0.15, 0.2) is 41.3 Å². The number of alkyl halides is 2. The van der Waals surface area contributed by atoms with E-state index in [1.165, 1.54) is 38.3 Å². The zero-order valence-corrected chi connectivity index (χ0v) is 31.1. The number of nitrogens with one attached hydrogen (secondary N) is 3. The van der Waals surface area contributed by atoms with Crippen LogP contribution in [0, 0.1) is 0 Å². The molecule has 2 amide bonds. The van der Waals surface area contributed by atoms with E-state index < -0.39 is 28.5 Å². The first-order valence-corrected chi connectivity index (χ1v) is 20.0. The van der Waals surface area contributed by atoms with E-state index in [9.17, 15) is 27.4 Å². The Hall–Kier alpha value is -3.82. The Kier molecular flexibility index (Phi) is 14.6. The van der Waals surface area contributed by atoms with E-state index in [-0.39, 0.29) is 29.4 Å². The van der Waals surface area contributed by atoms with Crippen molar-refractivity contribution in [3.8, 4) is 0 Å². The summed E-state index contributed by atoms with van der Waals surface area (Å²) in [5.41, 5.74) is 0.726. The summed E-state index contributed by atoms with van der Waals surface area (Å²) in [5, 5.41) is 6.03. The van der Waals surface area contributed by atoms with Crippen LogP contribution in [0.5, 0.6) is 0 Å². The highest BCUT2D eigenvalue weighted by Crippen LogP contribution is 2.28. The Morgan fingerprint density at radius 1 is 0.942 bits per heavy atom. The Labute approximate surface area is 306 Å². The third-order valence-corrected chi connectivity index (χ3v) is 11.5. The molecule has 0 spiro atoms. The number of halogens is 2. The summed E-state index contributed by atoms with van der Waals surface area (Å²) in [7, 11) is -1.10. The Balaban J connectivity index is 0.000000678. The van der Waals surface area contributed by atoms with Crippen LogP contribution in [-0.2, 0) is 20.6 Å². The minimum absolute atomic E-state index is 0.0596. The van der Waals surface area contributed by atoms with Crippen molar-refractivity contribution in [2.45, 2.75) is 90.0 Å². The lowest BCUT2D eigenvalue weighted by Gasteiger charge is -2.37. The van der Waals surface area contributed by atoms with Crippen molar-refractivity contribution in [1.29, 1.82) is 0 Å². The highest BCUT2D eigenvalue weighted by molar-refractivity contribution is 7.82. The number of carbonyl (C=O) groups is 2. The molecule has 1 saturated carbocycles. The van der Waals surface area contributed by atoms with Gasteiger partial charge in [0.05, 0.1) is 28.2 Å². The first kappa shape index (κ1) is 39.4. The lowest BCUT2D eigenvalue weighted by molar-refractivity contribution is -0.134. The number of pyridine rings is 1. The van der Waals surface area contributed by atoms with E-state index in [1.54, 1.807) is 0 Å². The van der Waals surface area contributed by atoms with Gasteiger partial charge in [-0.25, -0.2) is 22.3 Å². The van der Waals surface area contributed by atoms with E-state index in [2.05, 4.69) is 47.5 Å². The number of hydrogen-bond donors (Lipinski definition) is 3. The van der Waals surface area contributed by atoms with Crippen LogP contribution >= 0.6 is 0 Å². The second-order valence-electron chi connectivity index (χ2n) is 13.4. The van der Waals surface area contributed by atoms with Crippen molar-refractivity contribution < 1.29 is 22.6 Å². The van der Waals surface area contributed by atoms with Crippen LogP contribution in [-0.4, -0.2) is 97.8 Å². The smallest absolute Gasteiger partial charge is 0.269 e. The zero-order valence-electron chi connectivity index (χ0n) is 30.3. The van der Waals surface area contributed by atoms with Crippen LogP contribution in [0.4, 0.5) is 20.4 Å². The molecule has 3 N–H and O–H groups in total. The van der Waals surface area contributed by atoms with Gasteiger partial charge < -0.3 is 15.2 Å². The van der Waals surface area contributed by atoms with Gasteiger partial charge in [-0.2, -0.15) is 4.98 Å². The molecule has 2 aromatic heterocycles. The summed E-state index contributed by atoms with van der Waals surface area (Å²) in [6.07, 6.45) is 8.41. The van der Waals surface area contributed by atoms with E-state index in [1.807, 2.05) is 30.3 Å². The van der Waals surface area contributed by atoms with Crippen LogP contribution < -0.4 is 21.1 Å². The van der Waals surface area contributed by atoms with Crippen LogP contribution in [0.25, 0.3) is 11.0 Å². The maximum Gasteiger partial charge on any atom is 0.269 e. The average molecular weight is 743 g/mol. The summed E-state index contributed by atoms with van der Waals surface area (Å²) in [6.45, 7) is 9.43. The monoisotopic (exact) mass is 742 g/mol. The number of fused-ring (bicyclic) bond motifs is 1. The van der Waals surface area contributed by atoms with Crippen molar-refractivity contribution in [2.75, 3.05) is 61.8 Å². The van der Waals surface area contributed by atoms with Gasteiger partial charge in [0.1, 0.15) is 5.65 Å². The number of H-pyrrole nitrogens is 1. The fourth-order valence-corrected chi connectivity index (χ4v) is 8.32. The minimum atomic E-state index is -2.87. The maximum atomic E-state index is 13.1. The highest BCUT2D eigenvalue weighted by atomic mass is 32.2. The average Bonchev–Trinajstić information content (AvgIpc) is 3.76. The third-order valence-electron chi connectivity index (χ3n) is 10.0. The number of hydrogen-bond acceptors (Lipinski definition) is 9. The fraction of sp³-hybridized carbons (Fsp3) is 0.595. The van der Waals surface area contributed by atoms with Crippen molar-refractivity contribution in [3.05, 3.63) is 58.0 Å². The lowest BCUT2D eigenvalue weighted by atomic mass is 9.90. The zero-order chi connectivity index (χ0) is 37.0. The van der Waals surface area contributed by atoms with Crippen molar-refractivity contribution >= 4 is 45.5 Å². The molecule has 3 aliphatic heterocycles. The number of imide groups is 1.